The molecule has 20 heavy (non-hydrogen) atoms. The Morgan fingerprint density at radius 2 is 1.70 bits per heavy atom. The van der Waals surface area contributed by atoms with E-state index in [1.807, 2.05) is 12.1 Å². The monoisotopic (exact) mass is 295 g/mol. The zero-order valence-corrected chi connectivity index (χ0v) is 14.3. The van der Waals surface area contributed by atoms with Gasteiger partial charge < -0.3 is 5.32 Å². The molecule has 1 aromatic carbocycles. The van der Waals surface area contributed by atoms with Gasteiger partial charge in [-0.3, -0.25) is 4.21 Å². The molecule has 0 heterocycles. The second kappa shape index (κ2) is 8.58. The van der Waals surface area contributed by atoms with Crippen LogP contribution in [0.4, 0.5) is 0 Å². The molecule has 1 rings (SSSR count). The van der Waals surface area contributed by atoms with Crippen molar-refractivity contribution in [2.75, 3.05) is 6.54 Å². The molecule has 0 aliphatic rings. The minimum absolute atomic E-state index is 0.136. The number of benzene rings is 1. The lowest BCUT2D eigenvalue weighted by Gasteiger charge is -2.23. The van der Waals surface area contributed by atoms with Crippen LogP contribution in [0.25, 0.3) is 0 Å². The van der Waals surface area contributed by atoms with Crippen molar-refractivity contribution in [3.05, 3.63) is 29.8 Å². The summed E-state index contributed by atoms with van der Waals surface area (Å²) in [5.41, 5.74) is 1.30. The van der Waals surface area contributed by atoms with Crippen LogP contribution < -0.4 is 5.32 Å². The van der Waals surface area contributed by atoms with Gasteiger partial charge in [-0.05, 0) is 49.9 Å². The smallest absolute Gasteiger partial charge is 0.0573 e. The van der Waals surface area contributed by atoms with E-state index >= 15 is 0 Å². The van der Waals surface area contributed by atoms with E-state index in [9.17, 15) is 4.21 Å². The molecular weight excluding hydrogens is 266 g/mol. The zero-order valence-electron chi connectivity index (χ0n) is 13.5. The number of rotatable bonds is 8. The summed E-state index contributed by atoms with van der Waals surface area (Å²) in [6.45, 7) is 11.7. The van der Waals surface area contributed by atoms with Crippen LogP contribution >= 0.6 is 0 Å². The summed E-state index contributed by atoms with van der Waals surface area (Å²) in [5.74, 6) is 0.518. The van der Waals surface area contributed by atoms with Crippen molar-refractivity contribution in [2.45, 2.75) is 69.6 Å². The Morgan fingerprint density at radius 3 is 2.15 bits per heavy atom. The summed E-state index contributed by atoms with van der Waals surface area (Å²) in [7, 11) is -0.946. The summed E-state index contributed by atoms with van der Waals surface area (Å²) < 4.78 is 12.7. The molecule has 114 valence electrons. The lowest BCUT2D eigenvalue weighted by molar-refractivity contribution is 0.486. The fourth-order valence-corrected chi connectivity index (χ4v) is 3.74. The normalized spacial score (nSPS) is 16.1. The number of hydrogen-bond donors (Lipinski definition) is 1. The third-order valence-corrected chi connectivity index (χ3v) is 5.52. The van der Waals surface area contributed by atoms with E-state index in [1.54, 1.807) is 0 Å². The van der Waals surface area contributed by atoms with E-state index in [0.29, 0.717) is 12.0 Å². The molecular formula is C17H29NOS. The van der Waals surface area contributed by atoms with Crippen molar-refractivity contribution < 1.29 is 4.21 Å². The quantitative estimate of drug-likeness (QED) is 0.783. The van der Waals surface area contributed by atoms with Gasteiger partial charge in [-0.25, -0.2) is 0 Å². The Hall–Kier alpha value is -0.670. The first kappa shape index (κ1) is 17.4. The van der Waals surface area contributed by atoms with Crippen molar-refractivity contribution in [3.8, 4) is 0 Å². The summed E-state index contributed by atoms with van der Waals surface area (Å²) in [6.07, 6.45) is 2.12. The van der Waals surface area contributed by atoms with E-state index < -0.39 is 10.8 Å². The van der Waals surface area contributed by atoms with E-state index in [4.69, 9.17) is 0 Å². The average molecular weight is 295 g/mol. The highest BCUT2D eigenvalue weighted by molar-refractivity contribution is 7.85. The first-order chi connectivity index (χ1) is 9.51. The molecule has 1 N–H and O–H groups in total. The van der Waals surface area contributed by atoms with Crippen molar-refractivity contribution in [1.82, 2.24) is 5.32 Å². The summed E-state index contributed by atoms with van der Waals surface area (Å²) >= 11 is 0. The van der Waals surface area contributed by atoms with Crippen LogP contribution in [-0.2, 0) is 10.8 Å². The van der Waals surface area contributed by atoms with E-state index in [2.05, 4.69) is 52.1 Å². The Bertz CT molecular complexity index is 414. The number of nitrogens with one attached hydrogen (secondary N) is 1. The highest BCUT2D eigenvalue weighted by Crippen LogP contribution is 2.19. The predicted octanol–water partition coefficient (Wildman–Crippen LogP) is 4.08. The molecule has 0 radical (unpaired) electrons. The van der Waals surface area contributed by atoms with E-state index in [0.717, 1.165) is 24.3 Å². The van der Waals surface area contributed by atoms with Gasteiger partial charge in [-0.2, -0.15) is 0 Å². The molecule has 3 unspecified atom stereocenters. The molecule has 0 aliphatic carbocycles. The average Bonchev–Trinajstić information content (AvgIpc) is 2.47. The van der Waals surface area contributed by atoms with Crippen LogP contribution in [0.1, 0.15) is 58.9 Å². The molecule has 0 spiro atoms. The molecule has 0 saturated carbocycles. The van der Waals surface area contributed by atoms with Gasteiger partial charge in [0.05, 0.1) is 16.0 Å². The van der Waals surface area contributed by atoms with Crippen molar-refractivity contribution in [3.63, 3.8) is 0 Å². The molecule has 0 aromatic heterocycles. The SMILES string of the molecule is CCCNC(CC)C(C)S(=O)c1ccc(C(C)C)cc1. The van der Waals surface area contributed by atoms with E-state index in [-0.39, 0.29) is 5.25 Å². The first-order valence-corrected chi connectivity index (χ1v) is 8.96. The van der Waals surface area contributed by atoms with Crippen LogP contribution in [0.5, 0.6) is 0 Å². The predicted molar refractivity (Wildman–Crippen MR) is 88.8 cm³/mol. The fourth-order valence-electron chi connectivity index (χ4n) is 2.32. The maximum Gasteiger partial charge on any atom is 0.0573 e. The Morgan fingerprint density at radius 1 is 1.10 bits per heavy atom. The van der Waals surface area contributed by atoms with Crippen LogP contribution in [0.2, 0.25) is 0 Å². The summed E-state index contributed by atoms with van der Waals surface area (Å²) in [5, 5.41) is 3.64. The number of hydrogen-bond acceptors (Lipinski definition) is 2. The minimum Gasteiger partial charge on any atom is -0.313 e. The van der Waals surface area contributed by atoms with Crippen molar-refractivity contribution in [1.29, 1.82) is 0 Å². The molecule has 0 aliphatic heterocycles. The van der Waals surface area contributed by atoms with Crippen LogP contribution in [0, 0.1) is 0 Å². The highest BCUT2D eigenvalue weighted by atomic mass is 32.2. The standard InChI is InChI=1S/C17H29NOS/c1-6-12-18-17(7-2)14(5)20(19)16-10-8-15(9-11-16)13(3)4/h8-11,13-14,17-18H,6-7,12H2,1-5H3. The first-order valence-electron chi connectivity index (χ1n) is 7.75. The van der Waals surface area contributed by atoms with Gasteiger partial charge in [0.1, 0.15) is 0 Å². The summed E-state index contributed by atoms with van der Waals surface area (Å²) in [6, 6.07) is 8.57. The molecule has 0 saturated heterocycles. The van der Waals surface area contributed by atoms with Gasteiger partial charge in [0.2, 0.25) is 0 Å². The maximum absolute atomic E-state index is 12.7. The van der Waals surface area contributed by atoms with Crippen LogP contribution in [0.3, 0.4) is 0 Å². The van der Waals surface area contributed by atoms with Gasteiger partial charge in [0.15, 0.2) is 0 Å². The van der Waals surface area contributed by atoms with Crippen LogP contribution in [0.15, 0.2) is 29.2 Å². The molecule has 3 atom stereocenters. The van der Waals surface area contributed by atoms with Gasteiger partial charge in [-0.15, -0.1) is 0 Å². The van der Waals surface area contributed by atoms with Crippen molar-refractivity contribution in [2.24, 2.45) is 0 Å². The zero-order chi connectivity index (χ0) is 15.1. The van der Waals surface area contributed by atoms with Crippen molar-refractivity contribution >= 4 is 10.8 Å². The second-order valence-electron chi connectivity index (χ2n) is 5.70. The molecule has 3 heteroatoms. The minimum atomic E-state index is -0.946. The molecule has 0 amide bonds. The Balaban J connectivity index is 2.76. The van der Waals surface area contributed by atoms with Crippen LogP contribution in [-0.4, -0.2) is 22.0 Å². The Labute approximate surface area is 126 Å². The lowest BCUT2D eigenvalue weighted by atomic mass is 10.0. The molecule has 2 nitrogen and oxygen atoms in total. The van der Waals surface area contributed by atoms with E-state index in [1.165, 1.54) is 5.56 Å². The lowest BCUT2D eigenvalue weighted by Crippen LogP contribution is -2.40. The molecule has 1 aromatic rings. The summed E-state index contributed by atoms with van der Waals surface area (Å²) in [4.78, 5) is 0.943. The second-order valence-corrected chi connectivity index (χ2v) is 7.50. The fraction of sp³-hybridized carbons (Fsp3) is 0.647. The molecule has 0 bridgehead atoms. The Kier molecular flexibility index (Phi) is 7.46. The highest BCUT2D eigenvalue weighted by Gasteiger charge is 2.21. The van der Waals surface area contributed by atoms with Gasteiger partial charge in [-0.1, -0.05) is 39.8 Å². The maximum atomic E-state index is 12.7. The third kappa shape index (κ3) is 4.71. The topological polar surface area (TPSA) is 29.1 Å². The van der Waals surface area contributed by atoms with Gasteiger partial charge in [0.25, 0.3) is 0 Å². The third-order valence-electron chi connectivity index (χ3n) is 3.78. The largest absolute Gasteiger partial charge is 0.313 e. The molecule has 0 fully saturated rings. The van der Waals surface area contributed by atoms with Gasteiger partial charge >= 0.3 is 0 Å². The van der Waals surface area contributed by atoms with Gasteiger partial charge in [0, 0.05) is 10.9 Å².